The summed E-state index contributed by atoms with van der Waals surface area (Å²) in [6.07, 6.45) is 1.72. The zero-order valence-electron chi connectivity index (χ0n) is 7.74. The Kier molecular flexibility index (Phi) is 2.17. The third-order valence-electron chi connectivity index (χ3n) is 2.12. The second-order valence-corrected chi connectivity index (χ2v) is 3.42. The predicted octanol–water partition coefficient (Wildman–Crippen LogP) is 2.32. The number of benzene rings is 1. The number of nitrogen functional groups attached to an aromatic ring is 1. The summed E-state index contributed by atoms with van der Waals surface area (Å²) >= 11 is 6.06. The molecule has 2 aromatic rings. The topological polar surface area (TPSA) is 43.8 Å². The van der Waals surface area contributed by atoms with Gasteiger partial charge < -0.3 is 5.73 Å². The number of aromatic nitrogens is 2. The molecule has 1 heterocycles. The van der Waals surface area contributed by atoms with E-state index < -0.39 is 0 Å². The van der Waals surface area contributed by atoms with E-state index in [1.165, 1.54) is 0 Å². The maximum absolute atomic E-state index is 6.06. The van der Waals surface area contributed by atoms with Crippen molar-refractivity contribution >= 4 is 17.3 Å². The Morgan fingerprint density at radius 2 is 2.00 bits per heavy atom. The van der Waals surface area contributed by atoms with Crippen molar-refractivity contribution in [1.82, 2.24) is 9.78 Å². The predicted molar refractivity (Wildman–Crippen MR) is 58.1 cm³/mol. The van der Waals surface area contributed by atoms with Crippen molar-refractivity contribution in [2.45, 2.75) is 0 Å². The zero-order chi connectivity index (χ0) is 10.1. The fourth-order valence-electron chi connectivity index (χ4n) is 1.35. The normalized spacial score (nSPS) is 10.4. The van der Waals surface area contributed by atoms with Gasteiger partial charge in [-0.05, 0) is 6.07 Å². The van der Waals surface area contributed by atoms with Crippen LogP contribution in [0.4, 0.5) is 5.69 Å². The van der Waals surface area contributed by atoms with E-state index >= 15 is 0 Å². The lowest BCUT2D eigenvalue weighted by Gasteiger charge is -2.02. The smallest absolute Gasteiger partial charge is 0.134 e. The Balaban J connectivity index is 2.60. The van der Waals surface area contributed by atoms with Crippen molar-refractivity contribution in [3.63, 3.8) is 0 Å². The van der Waals surface area contributed by atoms with Crippen LogP contribution in [0.15, 0.2) is 30.5 Å². The summed E-state index contributed by atoms with van der Waals surface area (Å²) in [6, 6.07) is 7.59. The lowest BCUT2D eigenvalue weighted by atomic mass is 10.1. The fourth-order valence-corrected chi connectivity index (χ4v) is 1.54. The number of halogens is 1. The molecule has 0 saturated heterocycles. The van der Waals surface area contributed by atoms with E-state index in [9.17, 15) is 0 Å². The number of anilines is 1. The van der Waals surface area contributed by atoms with Crippen LogP contribution in [0.1, 0.15) is 0 Å². The first-order valence-corrected chi connectivity index (χ1v) is 4.60. The Bertz CT molecular complexity index is 462. The number of nitrogens with zero attached hydrogens (tertiary/aromatic N) is 2. The molecule has 72 valence electrons. The van der Waals surface area contributed by atoms with Crippen LogP contribution < -0.4 is 5.73 Å². The maximum atomic E-state index is 6.06. The molecule has 0 fully saturated rings. The summed E-state index contributed by atoms with van der Waals surface area (Å²) in [7, 11) is 1.80. The number of aryl methyl sites for hydroxylation is 1. The Labute approximate surface area is 87.1 Å². The summed E-state index contributed by atoms with van der Waals surface area (Å²) in [5.41, 5.74) is 8.34. The average Bonchev–Trinajstić information content (AvgIpc) is 2.49. The molecule has 0 saturated carbocycles. The van der Waals surface area contributed by atoms with Gasteiger partial charge in [0.15, 0.2) is 0 Å². The number of rotatable bonds is 1. The number of hydrogen-bond acceptors (Lipinski definition) is 2. The highest BCUT2D eigenvalue weighted by Gasteiger charge is 2.09. The largest absolute Gasteiger partial charge is 0.398 e. The molecule has 3 nitrogen and oxygen atoms in total. The van der Waals surface area contributed by atoms with E-state index in [1.807, 2.05) is 24.3 Å². The van der Waals surface area contributed by atoms with E-state index in [2.05, 4.69) is 5.10 Å². The van der Waals surface area contributed by atoms with Crippen LogP contribution >= 0.6 is 11.6 Å². The van der Waals surface area contributed by atoms with Crippen LogP contribution in [0.5, 0.6) is 0 Å². The highest BCUT2D eigenvalue weighted by molar-refractivity contribution is 6.32. The second kappa shape index (κ2) is 3.35. The molecular formula is C10H10ClN3. The van der Waals surface area contributed by atoms with Crippen LogP contribution in [-0.4, -0.2) is 9.78 Å². The number of hydrogen-bond donors (Lipinski definition) is 1. The minimum Gasteiger partial charge on any atom is -0.398 e. The summed E-state index contributed by atoms with van der Waals surface area (Å²) in [5, 5.41) is 4.66. The van der Waals surface area contributed by atoms with Crippen molar-refractivity contribution in [3.8, 4) is 11.1 Å². The molecule has 0 amide bonds. The van der Waals surface area contributed by atoms with Gasteiger partial charge in [0, 0.05) is 23.9 Å². The molecule has 0 aliphatic heterocycles. The Morgan fingerprint density at radius 1 is 1.29 bits per heavy atom. The molecule has 4 heteroatoms. The third-order valence-corrected chi connectivity index (χ3v) is 2.57. The highest BCUT2D eigenvalue weighted by atomic mass is 35.5. The van der Waals surface area contributed by atoms with E-state index in [1.54, 1.807) is 17.9 Å². The molecule has 0 aliphatic rings. The average molecular weight is 208 g/mol. The summed E-state index contributed by atoms with van der Waals surface area (Å²) < 4.78 is 1.61. The van der Waals surface area contributed by atoms with Crippen molar-refractivity contribution in [2.24, 2.45) is 7.05 Å². The van der Waals surface area contributed by atoms with Crippen molar-refractivity contribution < 1.29 is 0 Å². The van der Waals surface area contributed by atoms with Gasteiger partial charge in [-0.3, -0.25) is 4.68 Å². The van der Waals surface area contributed by atoms with Crippen molar-refractivity contribution in [3.05, 3.63) is 35.6 Å². The molecule has 0 aliphatic carbocycles. The number of nitrogens with two attached hydrogens (primary N) is 1. The Hall–Kier alpha value is -1.48. The van der Waals surface area contributed by atoms with Gasteiger partial charge in [0.1, 0.15) is 5.15 Å². The first kappa shape index (κ1) is 9.09. The van der Waals surface area contributed by atoms with Gasteiger partial charge in [0.25, 0.3) is 0 Å². The second-order valence-electron chi connectivity index (χ2n) is 3.06. The molecule has 2 N–H and O–H groups in total. The molecule has 2 rings (SSSR count). The molecule has 0 unspecified atom stereocenters. The van der Waals surface area contributed by atoms with Gasteiger partial charge in [-0.2, -0.15) is 5.10 Å². The van der Waals surface area contributed by atoms with Crippen LogP contribution in [0.2, 0.25) is 5.15 Å². The number of para-hydroxylation sites is 1. The first-order valence-electron chi connectivity index (χ1n) is 4.22. The minimum atomic E-state index is 0.600. The summed E-state index contributed by atoms with van der Waals surface area (Å²) in [6.45, 7) is 0. The molecule has 0 spiro atoms. The van der Waals surface area contributed by atoms with Gasteiger partial charge in [0.05, 0.1) is 6.20 Å². The van der Waals surface area contributed by atoms with Gasteiger partial charge in [-0.15, -0.1) is 0 Å². The van der Waals surface area contributed by atoms with E-state index in [0.29, 0.717) is 10.8 Å². The van der Waals surface area contributed by atoms with E-state index in [-0.39, 0.29) is 0 Å². The zero-order valence-corrected chi connectivity index (χ0v) is 8.49. The van der Waals surface area contributed by atoms with Crippen LogP contribution in [0.3, 0.4) is 0 Å². The van der Waals surface area contributed by atoms with Crippen molar-refractivity contribution in [1.29, 1.82) is 0 Å². The maximum Gasteiger partial charge on any atom is 0.134 e. The lowest BCUT2D eigenvalue weighted by molar-refractivity contribution is 0.769. The Morgan fingerprint density at radius 3 is 2.57 bits per heavy atom. The molecule has 1 aromatic heterocycles. The van der Waals surface area contributed by atoms with E-state index in [0.717, 1.165) is 11.1 Å². The lowest BCUT2D eigenvalue weighted by Crippen LogP contribution is -1.90. The molecule has 1 aromatic carbocycles. The molecular weight excluding hydrogens is 198 g/mol. The third kappa shape index (κ3) is 1.36. The quantitative estimate of drug-likeness (QED) is 0.730. The van der Waals surface area contributed by atoms with E-state index in [4.69, 9.17) is 17.3 Å². The van der Waals surface area contributed by atoms with Gasteiger partial charge in [-0.25, -0.2) is 0 Å². The molecule has 14 heavy (non-hydrogen) atoms. The van der Waals surface area contributed by atoms with Crippen molar-refractivity contribution in [2.75, 3.05) is 5.73 Å². The SMILES string of the molecule is Cn1ncc(-c2ccccc2N)c1Cl. The fraction of sp³-hybridized carbons (Fsp3) is 0.100. The highest BCUT2D eigenvalue weighted by Crippen LogP contribution is 2.30. The summed E-state index contributed by atoms with van der Waals surface area (Å²) in [4.78, 5) is 0. The van der Waals surface area contributed by atoms with Crippen LogP contribution in [0.25, 0.3) is 11.1 Å². The molecule has 0 atom stereocenters. The summed E-state index contributed by atoms with van der Waals surface area (Å²) in [5.74, 6) is 0. The van der Waals surface area contributed by atoms with Gasteiger partial charge >= 0.3 is 0 Å². The van der Waals surface area contributed by atoms with Crippen LogP contribution in [-0.2, 0) is 7.05 Å². The van der Waals surface area contributed by atoms with Crippen LogP contribution in [0, 0.1) is 0 Å². The molecule has 0 bridgehead atoms. The van der Waals surface area contributed by atoms with Gasteiger partial charge in [-0.1, -0.05) is 29.8 Å². The molecule has 0 radical (unpaired) electrons. The monoisotopic (exact) mass is 207 g/mol. The minimum absolute atomic E-state index is 0.600. The van der Waals surface area contributed by atoms with Gasteiger partial charge in [0.2, 0.25) is 0 Å². The standard InChI is InChI=1S/C10H10ClN3/c1-14-10(11)8(6-13-14)7-4-2-3-5-9(7)12/h2-6H,12H2,1H3. The first-order chi connectivity index (χ1) is 6.70.